The van der Waals surface area contributed by atoms with Crippen LogP contribution in [0.1, 0.15) is 37.5 Å². The second-order valence-electron chi connectivity index (χ2n) is 4.74. The number of rotatable bonds is 3. The molecule has 0 heterocycles. The Morgan fingerprint density at radius 3 is 2.44 bits per heavy atom. The van der Waals surface area contributed by atoms with Crippen LogP contribution in [-0.4, -0.2) is 16.9 Å². The average Bonchev–Trinajstić information content (AvgIpc) is 2.28. The summed E-state index contributed by atoms with van der Waals surface area (Å²) in [4.78, 5) is 0. The molecule has 0 bridgehead atoms. The van der Waals surface area contributed by atoms with Gasteiger partial charge in [-0.1, -0.05) is 12.1 Å². The van der Waals surface area contributed by atoms with E-state index in [0.717, 1.165) is 11.3 Å². The molecule has 0 amide bonds. The van der Waals surface area contributed by atoms with Crippen LogP contribution in [0, 0.1) is 13.8 Å². The molecule has 4 heteroatoms. The third-order valence-corrected chi connectivity index (χ3v) is 2.88. The molecule has 0 fully saturated rings. The lowest BCUT2D eigenvalue weighted by Gasteiger charge is -2.11. The van der Waals surface area contributed by atoms with Crippen LogP contribution in [-0.2, 0) is 0 Å². The quantitative estimate of drug-likeness (QED) is 0.500. The lowest BCUT2D eigenvalue weighted by Crippen LogP contribution is -2.37. The first-order valence-corrected chi connectivity index (χ1v) is 6.49. The number of benzene rings is 1. The van der Waals surface area contributed by atoms with E-state index in [0.29, 0.717) is 11.2 Å². The summed E-state index contributed by atoms with van der Waals surface area (Å²) in [7, 11) is 0. The molecular weight excluding hydrogens is 242 g/mol. The molecule has 0 aromatic heterocycles. The van der Waals surface area contributed by atoms with Gasteiger partial charge in [0.15, 0.2) is 5.11 Å². The summed E-state index contributed by atoms with van der Waals surface area (Å²) in [5.41, 5.74) is 7.44. The van der Waals surface area contributed by atoms with Crippen molar-refractivity contribution in [1.82, 2.24) is 10.7 Å². The van der Waals surface area contributed by atoms with E-state index in [1.54, 1.807) is 0 Å². The Morgan fingerprint density at radius 2 is 1.89 bits per heavy atom. The maximum atomic E-state index is 5.12. The highest BCUT2D eigenvalue weighted by atomic mass is 32.1. The summed E-state index contributed by atoms with van der Waals surface area (Å²) in [6.07, 6.45) is 0. The highest BCUT2D eigenvalue weighted by Crippen LogP contribution is 2.10. The van der Waals surface area contributed by atoms with Crippen molar-refractivity contribution in [3.05, 3.63) is 34.9 Å². The van der Waals surface area contributed by atoms with Gasteiger partial charge in [-0.2, -0.15) is 5.10 Å². The van der Waals surface area contributed by atoms with Gasteiger partial charge in [0.05, 0.1) is 5.71 Å². The molecule has 1 aromatic rings. The van der Waals surface area contributed by atoms with E-state index in [1.807, 2.05) is 20.8 Å². The van der Waals surface area contributed by atoms with Gasteiger partial charge in [-0.15, -0.1) is 0 Å². The van der Waals surface area contributed by atoms with Gasteiger partial charge in [-0.25, -0.2) is 0 Å². The standard InChI is InChI=1S/C14H21N3S/c1-9(2)15-14(18)17-16-12(5)13-7-6-10(3)11(4)8-13/h6-9H,1-5H3,(H2,15,17,18)/b16-12+. The Balaban J connectivity index is 2.71. The number of hydrogen-bond acceptors (Lipinski definition) is 2. The molecule has 0 atom stereocenters. The fraction of sp³-hybridized carbons (Fsp3) is 0.429. The number of thiocarbonyl (C=S) groups is 1. The summed E-state index contributed by atoms with van der Waals surface area (Å²) in [5, 5.41) is 7.91. The first-order chi connectivity index (χ1) is 8.40. The Kier molecular flexibility index (Phi) is 5.28. The molecule has 3 nitrogen and oxygen atoms in total. The highest BCUT2D eigenvalue weighted by molar-refractivity contribution is 7.80. The van der Waals surface area contributed by atoms with E-state index >= 15 is 0 Å². The van der Waals surface area contributed by atoms with Crippen LogP contribution < -0.4 is 10.7 Å². The van der Waals surface area contributed by atoms with Gasteiger partial charge in [0.25, 0.3) is 0 Å². The second kappa shape index (κ2) is 6.50. The number of hydrazone groups is 1. The predicted molar refractivity (Wildman–Crippen MR) is 82.1 cm³/mol. The van der Waals surface area contributed by atoms with Crippen molar-refractivity contribution >= 4 is 23.0 Å². The lowest BCUT2D eigenvalue weighted by atomic mass is 10.0. The first-order valence-electron chi connectivity index (χ1n) is 6.08. The minimum atomic E-state index is 0.308. The Labute approximate surface area is 115 Å². The van der Waals surface area contributed by atoms with Crippen LogP contribution in [0.25, 0.3) is 0 Å². The molecule has 0 aliphatic heterocycles. The van der Waals surface area contributed by atoms with Crippen molar-refractivity contribution < 1.29 is 0 Å². The summed E-state index contributed by atoms with van der Waals surface area (Å²) in [5.74, 6) is 0. The van der Waals surface area contributed by atoms with Crippen molar-refractivity contribution in [3.8, 4) is 0 Å². The third-order valence-electron chi connectivity index (χ3n) is 2.67. The van der Waals surface area contributed by atoms with Gasteiger partial charge in [0.2, 0.25) is 0 Å². The molecule has 1 rings (SSSR count). The van der Waals surface area contributed by atoms with Crippen molar-refractivity contribution in [2.45, 2.75) is 40.7 Å². The van der Waals surface area contributed by atoms with Crippen molar-refractivity contribution in [3.63, 3.8) is 0 Å². The van der Waals surface area contributed by atoms with E-state index in [9.17, 15) is 0 Å². The van der Waals surface area contributed by atoms with E-state index in [4.69, 9.17) is 12.2 Å². The number of nitrogens with zero attached hydrogens (tertiary/aromatic N) is 1. The molecule has 0 spiro atoms. The van der Waals surface area contributed by atoms with E-state index in [2.05, 4.69) is 47.9 Å². The molecule has 98 valence electrons. The minimum absolute atomic E-state index is 0.308. The van der Waals surface area contributed by atoms with Gasteiger partial charge in [0, 0.05) is 6.04 Å². The molecule has 0 aliphatic rings. The fourth-order valence-electron chi connectivity index (χ4n) is 1.46. The van der Waals surface area contributed by atoms with Gasteiger partial charge < -0.3 is 5.32 Å². The van der Waals surface area contributed by atoms with E-state index < -0.39 is 0 Å². The first kappa shape index (κ1) is 14.6. The Hall–Kier alpha value is -1.42. The van der Waals surface area contributed by atoms with E-state index in [1.165, 1.54) is 11.1 Å². The van der Waals surface area contributed by atoms with Crippen molar-refractivity contribution in [2.24, 2.45) is 5.10 Å². The van der Waals surface area contributed by atoms with Crippen LogP contribution >= 0.6 is 12.2 Å². The summed E-state index contributed by atoms with van der Waals surface area (Å²) < 4.78 is 0. The maximum absolute atomic E-state index is 5.12. The number of nitrogens with one attached hydrogen (secondary N) is 2. The second-order valence-corrected chi connectivity index (χ2v) is 5.14. The monoisotopic (exact) mass is 263 g/mol. The molecule has 0 radical (unpaired) electrons. The Morgan fingerprint density at radius 1 is 1.22 bits per heavy atom. The zero-order chi connectivity index (χ0) is 13.7. The minimum Gasteiger partial charge on any atom is -0.359 e. The summed E-state index contributed by atoms with van der Waals surface area (Å²) in [6.45, 7) is 10.2. The van der Waals surface area contributed by atoms with Crippen molar-refractivity contribution in [1.29, 1.82) is 0 Å². The SMILES string of the molecule is C/C(=N\NC(=S)NC(C)C)c1ccc(C)c(C)c1. The molecule has 0 aliphatic carbocycles. The average molecular weight is 263 g/mol. The number of aryl methyl sites for hydroxylation is 2. The van der Waals surface area contributed by atoms with Crippen LogP contribution in [0.15, 0.2) is 23.3 Å². The normalized spacial score (nSPS) is 11.6. The van der Waals surface area contributed by atoms with Crippen LogP contribution in [0.2, 0.25) is 0 Å². The maximum Gasteiger partial charge on any atom is 0.187 e. The molecule has 2 N–H and O–H groups in total. The van der Waals surface area contributed by atoms with Crippen LogP contribution in [0.3, 0.4) is 0 Å². The largest absolute Gasteiger partial charge is 0.359 e. The smallest absolute Gasteiger partial charge is 0.187 e. The van der Waals surface area contributed by atoms with Gasteiger partial charge in [-0.05, 0) is 69.6 Å². The molecule has 18 heavy (non-hydrogen) atoms. The highest BCUT2D eigenvalue weighted by Gasteiger charge is 2.01. The van der Waals surface area contributed by atoms with Gasteiger partial charge in [0.1, 0.15) is 0 Å². The lowest BCUT2D eigenvalue weighted by molar-refractivity contribution is 0.719. The van der Waals surface area contributed by atoms with Gasteiger partial charge in [-0.3, -0.25) is 5.43 Å². The van der Waals surface area contributed by atoms with Crippen LogP contribution in [0.4, 0.5) is 0 Å². The fourth-order valence-corrected chi connectivity index (χ4v) is 1.74. The van der Waals surface area contributed by atoms with Gasteiger partial charge >= 0.3 is 0 Å². The molecule has 0 saturated carbocycles. The topological polar surface area (TPSA) is 36.4 Å². The van der Waals surface area contributed by atoms with E-state index in [-0.39, 0.29) is 0 Å². The summed E-state index contributed by atoms with van der Waals surface area (Å²) in [6, 6.07) is 6.62. The molecule has 0 unspecified atom stereocenters. The zero-order valence-corrected chi connectivity index (χ0v) is 12.5. The van der Waals surface area contributed by atoms with Crippen molar-refractivity contribution in [2.75, 3.05) is 0 Å². The molecule has 1 aromatic carbocycles. The molecular formula is C14H21N3S. The summed E-state index contributed by atoms with van der Waals surface area (Å²) >= 11 is 5.12. The van der Waals surface area contributed by atoms with Crippen LogP contribution in [0.5, 0.6) is 0 Å². The predicted octanol–water partition coefficient (Wildman–Crippen LogP) is 2.90. The number of hydrogen-bond donors (Lipinski definition) is 2. The Bertz CT molecular complexity index is 464. The third kappa shape index (κ3) is 4.45. The zero-order valence-electron chi connectivity index (χ0n) is 11.7. The molecule has 0 saturated heterocycles.